The molecule has 204 valence electrons. The van der Waals surface area contributed by atoms with Gasteiger partial charge in [0.1, 0.15) is 0 Å². The summed E-state index contributed by atoms with van der Waals surface area (Å²) in [6, 6.07) is 28.8. The van der Waals surface area contributed by atoms with Crippen LogP contribution in [0.15, 0.2) is 78.9 Å². The highest BCUT2D eigenvalue weighted by molar-refractivity contribution is 6.01. The first-order valence-corrected chi connectivity index (χ1v) is 14.6. The molecular formula is C37H41N3. The number of likely N-dealkylation sites (N-methyl/N-ethyl adjacent to an activating group) is 2. The van der Waals surface area contributed by atoms with Gasteiger partial charge in [0, 0.05) is 68.6 Å². The Labute approximate surface area is 239 Å². The van der Waals surface area contributed by atoms with Gasteiger partial charge in [0.2, 0.25) is 0 Å². The highest BCUT2D eigenvalue weighted by atomic mass is 15.1. The third-order valence-corrected chi connectivity index (χ3v) is 8.90. The van der Waals surface area contributed by atoms with E-state index in [4.69, 9.17) is 0 Å². The Morgan fingerprint density at radius 1 is 0.525 bits per heavy atom. The summed E-state index contributed by atoms with van der Waals surface area (Å²) < 4.78 is 0. The van der Waals surface area contributed by atoms with Gasteiger partial charge in [-0.2, -0.15) is 0 Å². The second-order valence-electron chi connectivity index (χ2n) is 11.8. The molecule has 0 aliphatic carbocycles. The Morgan fingerprint density at radius 3 is 2.05 bits per heavy atom. The molecule has 8 rings (SSSR count). The topological polar surface area (TPSA) is 9.72 Å². The summed E-state index contributed by atoms with van der Waals surface area (Å²) in [5.74, 6) is 0. The Hall–Kier alpha value is -3.98. The average Bonchev–Trinajstić information content (AvgIpc) is 3.62. The molecule has 3 aliphatic rings. The minimum absolute atomic E-state index is 1.05. The van der Waals surface area contributed by atoms with Crippen molar-refractivity contribution in [2.75, 3.05) is 48.9 Å². The molecule has 0 unspecified atom stereocenters. The summed E-state index contributed by atoms with van der Waals surface area (Å²) in [6.07, 6.45) is 2.41. The van der Waals surface area contributed by atoms with E-state index in [-0.39, 0.29) is 0 Å². The lowest BCUT2D eigenvalue weighted by molar-refractivity contribution is 0.956. The number of hydrogen-bond donors (Lipinski definition) is 0. The van der Waals surface area contributed by atoms with Crippen LogP contribution in [0.1, 0.15) is 33.4 Å². The van der Waals surface area contributed by atoms with E-state index in [1.165, 1.54) is 91.4 Å². The quantitative estimate of drug-likeness (QED) is 0.201. The maximum Gasteiger partial charge on any atom is 0.0476 e. The maximum atomic E-state index is 2.37. The van der Waals surface area contributed by atoms with Gasteiger partial charge in [-0.15, -0.1) is 0 Å². The zero-order valence-electron chi connectivity index (χ0n) is 24.9. The average molecular weight is 528 g/mol. The smallest absolute Gasteiger partial charge is 0.0476 e. The van der Waals surface area contributed by atoms with Crippen molar-refractivity contribution in [2.24, 2.45) is 0 Å². The van der Waals surface area contributed by atoms with Gasteiger partial charge in [-0.05, 0) is 84.3 Å². The molecule has 0 atom stereocenters. The molecule has 3 aliphatic heterocycles. The monoisotopic (exact) mass is 527 g/mol. The Balaban J connectivity index is 0.000000110. The predicted octanol–water partition coefficient (Wildman–Crippen LogP) is 8.23. The zero-order chi connectivity index (χ0) is 28.0. The van der Waals surface area contributed by atoms with E-state index in [0.717, 1.165) is 13.1 Å². The highest BCUT2D eigenvalue weighted by Gasteiger charge is 2.20. The Bertz CT molecular complexity index is 1720. The van der Waals surface area contributed by atoms with Gasteiger partial charge in [-0.1, -0.05) is 72.3 Å². The summed E-state index contributed by atoms with van der Waals surface area (Å²) in [5, 5.41) is 5.66. The molecule has 0 bridgehead atoms. The Morgan fingerprint density at radius 2 is 1.23 bits per heavy atom. The van der Waals surface area contributed by atoms with Crippen LogP contribution in [0.2, 0.25) is 0 Å². The number of nitrogens with zero attached hydrogens (tertiary/aromatic N) is 3. The van der Waals surface area contributed by atoms with Crippen LogP contribution >= 0.6 is 0 Å². The third-order valence-electron chi connectivity index (χ3n) is 8.90. The van der Waals surface area contributed by atoms with Crippen molar-refractivity contribution in [3.63, 3.8) is 0 Å². The fourth-order valence-corrected chi connectivity index (χ4v) is 6.75. The molecule has 0 amide bonds. The van der Waals surface area contributed by atoms with Crippen LogP contribution in [0.3, 0.4) is 0 Å². The van der Waals surface area contributed by atoms with Crippen molar-refractivity contribution in [2.45, 2.75) is 40.2 Å². The highest BCUT2D eigenvalue weighted by Crippen LogP contribution is 2.38. The van der Waals surface area contributed by atoms with Gasteiger partial charge in [0.05, 0.1) is 0 Å². The van der Waals surface area contributed by atoms with Gasteiger partial charge in [0.25, 0.3) is 0 Å². The molecule has 5 aromatic rings. The van der Waals surface area contributed by atoms with E-state index in [1.807, 2.05) is 0 Å². The molecule has 0 aromatic heterocycles. The van der Waals surface area contributed by atoms with Crippen LogP contribution in [0.5, 0.6) is 0 Å². The molecular weight excluding hydrogens is 486 g/mol. The van der Waals surface area contributed by atoms with Crippen molar-refractivity contribution in [1.29, 1.82) is 0 Å². The van der Waals surface area contributed by atoms with Crippen LogP contribution in [0, 0.1) is 20.8 Å². The summed E-state index contributed by atoms with van der Waals surface area (Å²) >= 11 is 0. The lowest BCUT2D eigenvalue weighted by Crippen LogP contribution is -2.12. The van der Waals surface area contributed by atoms with E-state index in [1.54, 1.807) is 0 Å². The second-order valence-corrected chi connectivity index (χ2v) is 11.8. The van der Waals surface area contributed by atoms with Gasteiger partial charge in [-0.3, -0.25) is 0 Å². The number of aryl methyl sites for hydroxylation is 3. The number of benzene rings is 5. The minimum atomic E-state index is 1.05. The fraction of sp³-hybridized carbons (Fsp3) is 0.297. The van der Waals surface area contributed by atoms with Gasteiger partial charge < -0.3 is 14.7 Å². The van der Waals surface area contributed by atoms with Gasteiger partial charge in [-0.25, -0.2) is 0 Å². The first-order chi connectivity index (χ1) is 19.3. The fourth-order valence-electron chi connectivity index (χ4n) is 6.75. The predicted molar refractivity (Wildman–Crippen MR) is 175 cm³/mol. The molecule has 0 radical (unpaired) electrons. The van der Waals surface area contributed by atoms with E-state index in [0.29, 0.717) is 0 Å². The second kappa shape index (κ2) is 10.5. The molecule has 3 heterocycles. The van der Waals surface area contributed by atoms with Crippen molar-refractivity contribution in [3.8, 4) is 0 Å². The third kappa shape index (κ3) is 4.68. The molecule has 3 nitrogen and oxygen atoms in total. The molecule has 0 saturated heterocycles. The molecule has 3 heteroatoms. The minimum Gasteiger partial charge on any atom is -0.374 e. The summed E-state index contributed by atoms with van der Waals surface area (Å²) in [6.45, 7) is 9.93. The van der Waals surface area contributed by atoms with Crippen LogP contribution < -0.4 is 14.7 Å². The number of hydrogen-bond acceptors (Lipinski definition) is 3. The van der Waals surface area contributed by atoms with Gasteiger partial charge >= 0.3 is 0 Å². The number of anilines is 3. The molecule has 0 N–H and O–H groups in total. The van der Waals surface area contributed by atoms with Crippen molar-refractivity contribution in [3.05, 3.63) is 112 Å². The van der Waals surface area contributed by atoms with E-state index in [9.17, 15) is 0 Å². The molecule has 0 saturated carbocycles. The first-order valence-electron chi connectivity index (χ1n) is 14.6. The molecule has 5 aromatic carbocycles. The first kappa shape index (κ1) is 26.3. The van der Waals surface area contributed by atoms with Crippen LogP contribution in [0.4, 0.5) is 17.1 Å². The summed E-state index contributed by atoms with van der Waals surface area (Å²) in [5.41, 5.74) is 12.9. The molecule has 40 heavy (non-hydrogen) atoms. The molecule has 0 spiro atoms. The largest absolute Gasteiger partial charge is 0.374 e. The lowest BCUT2D eigenvalue weighted by atomic mass is 9.99. The summed E-state index contributed by atoms with van der Waals surface area (Å²) in [4.78, 5) is 7.00. The number of fused-ring (bicyclic) bond motifs is 4. The van der Waals surface area contributed by atoms with Crippen molar-refractivity contribution < 1.29 is 0 Å². The zero-order valence-corrected chi connectivity index (χ0v) is 24.9. The lowest BCUT2D eigenvalue weighted by Gasteiger charge is -2.15. The van der Waals surface area contributed by atoms with E-state index < -0.39 is 0 Å². The van der Waals surface area contributed by atoms with Crippen molar-refractivity contribution in [1.82, 2.24) is 0 Å². The van der Waals surface area contributed by atoms with Crippen LogP contribution in [-0.4, -0.2) is 34.2 Å². The Kier molecular flexibility index (Phi) is 6.92. The SMILES string of the molecule is Cc1cc2c(c3ccccc13)N(C)CC2.Cc1ccc2c(c1)CCN2C.Cc1ccc2c3c(cccc13)CN2C. The standard InChI is InChI=1S/C14H15N.C13H13N.C10H13N/c1-10-9-11-7-8-15(2)14(11)13-6-4-3-5-12(10)13;1-9-6-7-12-13-10(8-14(12)2)4-3-5-11(9)13;1-8-3-4-10-9(7-8)5-6-11(10)2/h3-6,9H,7-8H2,1-2H3;3-7H,8H2,1-2H3;3-4,7H,5-6H2,1-2H3. The molecule has 0 fully saturated rings. The summed E-state index contributed by atoms with van der Waals surface area (Å²) in [7, 11) is 6.50. The van der Waals surface area contributed by atoms with E-state index >= 15 is 0 Å². The maximum absolute atomic E-state index is 2.37. The van der Waals surface area contributed by atoms with Crippen LogP contribution in [0.25, 0.3) is 21.5 Å². The van der Waals surface area contributed by atoms with Crippen LogP contribution in [-0.2, 0) is 19.4 Å². The van der Waals surface area contributed by atoms with Gasteiger partial charge in [0.15, 0.2) is 0 Å². The van der Waals surface area contributed by atoms with Crippen molar-refractivity contribution >= 4 is 38.6 Å². The number of rotatable bonds is 0. The normalized spacial score (nSPS) is 14.6. The van der Waals surface area contributed by atoms with E-state index in [2.05, 4.69) is 135 Å².